The molecule has 1 aromatic rings. The molecule has 2 atom stereocenters. The van der Waals surface area contributed by atoms with Crippen molar-refractivity contribution in [2.75, 3.05) is 18.5 Å². The number of nitrogens with zero attached hydrogens (tertiary/aromatic N) is 4. The van der Waals surface area contributed by atoms with Crippen LogP contribution < -0.4 is 21.5 Å². The van der Waals surface area contributed by atoms with E-state index in [-0.39, 0.29) is 12.0 Å². The SMILES string of the molecule is CN1C(=O)NC(=O)C2(Cc3c(n(C)c(=O)n(C)c3=O)N3CCCC32)C1=O. The molecule has 3 aliphatic rings. The Morgan fingerprint density at radius 1 is 1.04 bits per heavy atom. The van der Waals surface area contributed by atoms with Gasteiger partial charge in [-0.1, -0.05) is 0 Å². The molecule has 1 aromatic heterocycles. The van der Waals surface area contributed by atoms with Crippen LogP contribution in [-0.4, -0.2) is 51.5 Å². The fourth-order valence-corrected chi connectivity index (χ4v) is 4.58. The molecular weight excluding hydrogens is 342 g/mol. The Bertz CT molecular complexity index is 992. The van der Waals surface area contributed by atoms with E-state index in [4.69, 9.17) is 0 Å². The average Bonchev–Trinajstić information content (AvgIpc) is 3.10. The summed E-state index contributed by atoms with van der Waals surface area (Å²) >= 11 is 0. The van der Waals surface area contributed by atoms with E-state index in [9.17, 15) is 24.0 Å². The monoisotopic (exact) mass is 361 g/mol. The molecule has 2 saturated heterocycles. The first-order chi connectivity index (χ1) is 12.2. The summed E-state index contributed by atoms with van der Waals surface area (Å²) in [5.41, 5.74) is -2.27. The van der Waals surface area contributed by atoms with Gasteiger partial charge in [-0.25, -0.2) is 9.59 Å². The predicted octanol–water partition coefficient (Wildman–Crippen LogP) is -1.70. The van der Waals surface area contributed by atoms with Gasteiger partial charge in [0.05, 0.1) is 11.6 Å². The minimum atomic E-state index is -1.55. The number of hydrogen-bond acceptors (Lipinski definition) is 6. The number of aromatic nitrogens is 2. The summed E-state index contributed by atoms with van der Waals surface area (Å²) < 4.78 is 2.37. The summed E-state index contributed by atoms with van der Waals surface area (Å²) in [6, 6.07) is -1.27. The van der Waals surface area contributed by atoms with Crippen molar-refractivity contribution in [1.82, 2.24) is 19.4 Å². The predicted molar refractivity (Wildman–Crippen MR) is 89.7 cm³/mol. The molecule has 0 aliphatic carbocycles. The largest absolute Gasteiger partial charge is 0.353 e. The number of amides is 4. The van der Waals surface area contributed by atoms with Gasteiger partial charge >= 0.3 is 11.7 Å². The quantitative estimate of drug-likeness (QED) is 0.551. The van der Waals surface area contributed by atoms with Gasteiger partial charge in [-0.15, -0.1) is 0 Å². The molecule has 1 N–H and O–H groups in total. The van der Waals surface area contributed by atoms with Gasteiger partial charge in [-0.3, -0.25) is 33.7 Å². The minimum absolute atomic E-state index is 0.132. The van der Waals surface area contributed by atoms with E-state index >= 15 is 0 Å². The van der Waals surface area contributed by atoms with Crippen molar-refractivity contribution in [2.45, 2.75) is 25.3 Å². The molecule has 4 rings (SSSR count). The van der Waals surface area contributed by atoms with Crippen molar-refractivity contribution in [2.24, 2.45) is 19.5 Å². The molecule has 0 saturated carbocycles. The van der Waals surface area contributed by atoms with Crippen LogP contribution in [0.4, 0.5) is 10.6 Å². The molecule has 4 amide bonds. The number of imide groups is 2. The highest BCUT2D eigenvalue weighted by molar-refractivity contribution is 6.20. The second-order valence-electron chi connectivity index (χ2n) is 7.13. The molecule has 0 bridgehead atoms. The van der Waals surface area contributed by atoms with E-state index in [2.05, 4.69) is 5.32 Å². The molecule has 2 fully saturated rings. The Hall–Kier alpha value is -2.91. The lowest BCUT2D eigenvalue weighted by Crippen LogP contribution is -2.71. The summed E-state index contributed by atoms with van der Waals surface area (Å²) in [4.78, 5) is 65.6. The van der Waals surface area contributed by atoms with Gasteiger partial charge in [0.15, 0.2) is 5.41 Å². The fraction of sp³-hybridized carbons (Fsp3) is 0.562. The lowest BCUT2D eigenvalue weighted by molar-refractivity contribution is -0.152. The Balaban J connectivity index is 2.02. The summed E-state index contributed by atoms with van der Waals surface area (Å²) in [6.45, 7) is 0.526. The smallest absolute Gasteiger partial charge is 0.332 e. The molecule has 10 nitrogen and oxygen atoms in total. The Morgan fingerprint density at radius 2 is 1.73 bits per heavy atom. The zero-order valence-corrected chi connectivity index (χ0v) is 14.7. The van der Waals surface area contributed by atoms with Crippen LogP contribution in [0.5, 0.6) is 0 Å². The molecule has 1 spiro atoms. The van der Waals surface area contributed by atoms with E-state index in [1.807, 2.05) is 4.90 Å². The highest BCUT2D eigenvalue weighted by Crippen LogP contribution is 2.46. The molecule has 26 heavy (non-hydrogen) atoms. The summed E-state index contributed by atoms with van der Waals surface area (Å²) in [7, 11) is 4.26. The maximum absolute atomic E-state index is 13.1. The van der Waals surface area contributed by atoms with Gasteiger partial charge in [-0.2, -0.15) is 0 Å². The van der Waals surface area contributed by atoms with Crippen LogP contribution in [0.25, 0.3) is 0 Å². The van der Waals surface area contributed by atoms with Crippen LogP contribution >= 0.6 is 0 Å². The van der Waals surface area contributed by atoms with Gasteiger partial charge in [0.2, 0.25) is 11.8 Å². The standard InChI is InChI=1S/C16H19N5O5/c1-18-10-8(11(22)19(2)15(18)26)7-16(9-5-4-6-21(9)10)12(23)17-14(25)20(3)13(16)24/h9H,4-7H2,1-3H3,(H,17,23,25). The van der Waals surface area contributed by atoms with Crippen LogP contribution in [-0.2, 0) is 30.1 Å². The summed E-state index contributed by atoms with van der Waals surface area (Å²) in [6.07, 6.45) is 1.14. The number of hydrogen-bond donors (Lipinski definition) is 1. The van der Waals surface area contributed by atoms with Crippen LogP contribution in [0.2, 0.25) is 0 Å². The Kier molecular flexibility index (Phi) is 3.22. The number of carbonyl (C=O) groups is 3. The topological polar surface area (TPSA) is 114 Å². The third kappa shape index (κ3) is 1.73. The van der Waals surface area contributed by atoms with E-state index < -0.39 is 40.6 Å². The lowest BCUT2D eigenvalue weighted by Gasteiger charge is -2.48. The van der Waals surface area contributed by atoms with Crippen molar-refractivity contribution in [3.8, 4) is 0 Å². The van der Waals surface area contributed by atoms with E-state index in [0.717, 1.165) is 9.47 Å². The second-order valence-corrected chi connectivity index (χ2v) is 7.13. The summed E-state index contributed by atoms with van der Waals surface area (Å²) in [5.74, 6) is -0.819. The molecule has 138 valence electrons. The fourth-order valence-electron chi connectivity index (χ4n) is 4.58. The number of anilines is 1. The number of carbonyl (C=O) groups excluding carboxylic acids is 3. The van der Waals surface area contributed by atoms with Crippen molar-refractivity contribution >= 4 is 23.7 Å². The van der Waals surface area contributed by atoms with Crippen LogP contribution in [0.15, 0.2) is 9.59 Å². The first-order valence-corrected chi connectivity index (χ1v) is 8.41. The maximum Gasteiger partial charge on any atom is 0.332 e. The molecular formula is C16H19N5O5. The number of barbiturate groups is 1. The first-order valence-electron chi connectivity index (χ1n) is 8.41. The van der Waals surface area contributed by atoms with Crippen molar-refractivity contribution in [3.05, 3.63) is 26.4 Å². The van der Waals surface area contributed by atoms with Crippen molar-refractivity contribution in [3.63, 3.8) is 0 Å². The molecule has 4 heterocycles. The minimum Gasteiger partial charge on any atom is -0.353 e. The normalized spacial score (nSPS) is 27.7. The van der Waals surface area contributed by atoms with Gasteiger partial charge in [-0.05, 0) is 12.8 Å². The molecule has 0 aromatic carbocycles. The van der Waals surface area contributed by atoms with Crippen molar-refractivity contribution in [1.29, 1.82) is 0 Å². The zero-order valence-electron chi connectivity index (χ0n) is 14.7. The number of rotatable bonds is 0. The van der Waals surface area contributed by atoms with Crippen molar-refractivity contribution < 1.29 is 14.4 Å². The van der Waals surface area contributed by atoms with E-state index in [0.29, 0.717) is 25.2 Å². The highest BCUT2D eigenvalue weighted by atomic mass is 16.2. The van der Waals surface area contributed by atoms with Gasteiger partial charge < -0.3 is 4.90 Å². The third-order valence-corrected chi connectivity index (χ3v) is 5.89. The maximum atomic E-state index is 13.1. The second kappa shape index (κ2) is 5.05. The molecule has 0 radical (unpaired) electrons. The molecule has 3 aliphatic heterocycles. The van der Waals surface area contributed by atoms with E-state index in [1.165, 1.54) is 18.7 Å². The zero-order chi connectivity index (χ0) is 19.0. The number of nitrogens with one attached hydrogen (secondary N) is 1. The van der Waals surface area contributed by atoms with E-state index in [1.54, 1.807) is 7.05 Å². The highest BCUT2D eigenvalue weighted by Gasteiger charge is 2.63. The van der Waals surface area contributed by atoms with Gasteiger partial charge in [0.1, 0.15) is 5.82 Å². The number of fused-ring (bicyclic) bond motifs is 4. The Labute approximate surface area is 148 Å². The van der Waals surface area contributed by atoms with Gasteiger partial charge in [0, 0.05) is 34.1 Å². The van der Waals surface area contributed by atoms with Crippen LogP contribution in [0, 0.1) is 5.41 Å². The lowest BCUT2D eigenvalue weighted by atomic mass is 9.69. The average molecular weight is 361 g/mol. The van der Waals surface area contributed by atoms with Crippen LogP contribution in [0.3, 0.4) is 0 Å². The number of urea groups is 1. The van der Waals surface area contributed by atoms with Gasteiger partial charge in [0.25, 0.3) is 5.56 Å². The summed E-state index contributed by atoms with van der Waals surface area (Å²) in [5, 5.41) is 2.25. The third-order valence-electron chi connectivity index (χ3n) is 5.89. The molecule has 2 unspecified atom stereocenters. The first kappa shape index (κ1) is 16.6. The molecule has 10 heteroatoms. The Morgan fingerprint density at radius 3 is 2.42 bits per heavy atom. The van der Waals surface area contributed by atoms with Crippen LogP contribution in [0.1, 0.15) is 18.4 Å².